The molecule has 0 aliphatic carbocycles. The van der Waals surface area contributed by atoms with Crippen LogP contribution in [0.15, 0.2) is 12.1 Å². The molecule has 0 bridgehead atoms. The van der Waals surface area contributed by atoms with E-state index in [-0.39, 0.29) is 6.03 Å². The highest BCUT2D eigenvalue weighted by Crippen LogP contribution is 2.23. The van der Waals surface area contributed by atoms with Crippen molar-refractivity contribution in [2.45, 2.75) is 33.6 Å². The minimum atomic E-state index is -0.0928. The van der Waals surface area contributed by atoms with Crippen molar-refractivity contribution in [3.63, 3.8) is 0 Å². The van der Waals surface area contributed by atoms with Gasteiger partial charge in [-0.15, -0.1) is 0 Å². The quantitative estimate of drug-likeness (QED) is 0.829. The van der Waals surface area contributed by atoms with Crippen LogP contribution in [-0.2, 0) is 6.42 Å². The fourth-order valence-corrected chi connectivity index (χ4v) is 1.96. The summed E-state index contributed by atoms with van der Waals surface area (Å²) in [6.45, 7) is 7.53. The molecule has 0 unspecified atom stereocenters. The summed E-state index contributed by atoms with van der Waals surface area (Å²) in [5.41, 5.74) is 3.64. The summed E-state index contributed by atoms with van der Waals surface area (Å²) in [6, 6.07) is 3.95. The lowest BCUT2D eigenvalue weighted by Gasteiger charge is -2.13. The van der Waals surface area contributed by atoms with Gasteiger partial charge in [-0.1, -0.05) is 13.0 Å². The number of rotatable bonds is 6. The first-order valence-corrected chi connectivity index (χ1v) is 6.74. The molecule has 19 heavy (non-hydrogen) atoms. The molecular weight excluding hydrogens is 240 g/mol. The van der Waals surface area contributed by atoms with Crippen LogP contribution >= 0.6 is 0 Å². The van der Waals surface area contributed by atoms with Gasteiger partial charge in [0.15, 0.2) is 0 Å². The molecule has 1 aromatic carbocycles. The highest BCUT2D eigenvalue weighted by molar-refractivity contribution is 5.73. The van der Waals surface area contributed by atoms with Gasteiger partial charge in [-0.2, -0.15) is 0 Å². The number of carbonyl (C=O) groups excluding carboxylic acids is 1. The zero-order chi connectivity index (χ0) is 14.3. The molecule has 1 aromatic rings. The number of nitrogens with one attached hydrogen (secondary N) is 2. The summed E-state index contributed by atoms with van der Waals surface area (Å²) in [4.78, 5) is 11.4. The second-order valence-electron chi connectivity index (χ2n) is 4.61. The predicted molar refractivity (Wildman–Crippen MR) is 77.9 cm³/mol. The molecule has 0 aliphatic rings. The first-order valence-electron chi connectivity index (χ1n) is 6.74. The van der Waals surface area contributed by atoms with Gasteiger partial charge >= 0.3 is 6.03 Å². The van der Waals surface area contributed by atoms with E-state index in [1.165, 1.54) is 11.1 Å². The molecule has 4 nitrogen and oxygen atoms in total. The van der Waals surface area contributed by atoms with Gasteiger partial charge in [0, 0.05) is 13.1 Å². The van der Waals surface area contributed by atoms with E-state index in [0.29, 0.717) is 13.1 Å². The number of urea groups is 1. The van der Waals surface area contributed by atoms with Crippen molar-refractivity contribution in [2.24, 2.45) is 0 Å². The normalized spacial score (nSPS) is 10.1. The summed E-state index contributed by atoms with van der Waals surface area (Å²) in [6.07, 6.45) is 1.78. The third-order valence-electron chi connectivity index (χ3n) is 3.29. The van der Waals surface area contributed by atoms with Crippen LogP contribution in [0.4, 0.5) is 4.79 Å². The van der Waals surface area contributed by atoms with E-state index >= 15 is 0 Å². The number of amides is 2. The molecule has 0 spiro atoms. The van der Waals surface area contributed by atoms with Crippen LogP contribution in [0.25, 0.3) is 0 Å². The van der Waals surface area contributed by atoms with Crippen LogP contribution in [-0.4, -0.2) is 26.2 Å². The topological polar surface area (TPSA) is 50.4 Å². The van der Waals surface area contributed by atoms with Gasteiger partial charge in [0.1, 0.15) is 5.75 Å². The first kappa shape index (κ1) is 15.3. The van der Waals surface area contributed by atoms with E-state index in [1.807, 2.05) is 13.0 Å². The molecule has 0 fully saturated rings. The number of hydrogen-bond acceptors (Lipinski definition) is 2. The Morgan fingerprint density at radius 3 is 2.47 bits per heavy atom. The monoisotopic (exact) mass is 264 g/mol. The lowest BCUT2D eigenvalue weighted by molar-refractivity contribution is 0.241. The van der Waals surface area contributed by atoms with Crippen molar-refractivity contribution in [3.8, 4) is 5.75 Å². The largest absolute Gasteiger partial charge is 0.496 e. The van der Waals surface area contributed by atoms with Crippen LogP contribution in [0.1, 0.15) is 30.0 Å². The number of ether oxygens (including phenoxy) is 1. The fraction of sp³-hybridized carbons (Fsp3) is 0.533. The molecule has 0 aromatic heterocycles. The SMILES string of the molecule is CCCNC(=O)NCCc1ccc(OC)c(C)c1C. The van der Waals surface area contributed by atoms with E-state index in [0.717, 1.165) is 24.2 Å². The first-order chi connectivity index (χ1) is 9.10. The standard InChI is InChI=1S/C15H24N2O2/c1-5-9-16-15(18)17-10-8-13-6-7-14(19-4)12(3)11(13)2/h6-7H,5,8-10H2,1-4H3,(H2,16,17,18). The Hall–Kier alpha value is -1.71. The molecule has 0 saturated carbocycles. The Morgan fingerprint density at radius 1 is 1.16 bits per heavy atom. The second kappa shape index (κ2) is 7.67. The maximum atomic E-state index is 11.4. The summed E-state index contributed by atoms with van der Waals surface area (Å²) in [7, 11) is 1.68. The molecule has 0 heterocycles. The summed E-state index contributed by atoms with van der Waals surface area (Å²) >= 11 is 0. The maximum absolute atomic E-state index is 11.4. The number of carbonyl (C=O) groups is 1. The van der Waals surface area contributed by atoms with E-state index in [2.05, 4.69) is 30.5 Å². The van der Waals surface area contributed by atoms with Gasteiger partial charge in [0.05, 0.1) is 7.11 Å². The Bertz CT molecular complexity index is 430. The van der Waals surface area contributed by atoms with Crippen molar-refractivity contribution in [2.75, 3.05) is 20.2 Å². The molecule has 0 atom stereocenters. The zero-order valence-corrected chi connectivity index (χ0v) is 12.3. The minimum Gasteiger partial charge on any atom is -0.496 e. The van der Waals surface area contributed by atoms with E-state index in [4.69, 9.17) is 4.74 Å². The predicted octanol–water partition coefficient (Wildman–Crippen LogP) is 2.56. The summed E-state index contributed by atoms with van der Waals surface area (Å²) in [5.74, 6) is 0.912. The van der Waals surface area contributed by atoms with Crippen LogP contribution in [0.3, 0.4) is 0 Å². The third kappa shape index (κ3) is 4.47. The smallest absolute Gasteiger partial charge is 0.314 e. The lowest BCUT2D eigenvalue weighted by Crippen LogP contribution is -2.36. The number of methoxy groups -OCH3 is 1. The van der Waals surface area contributed by atoms with Crippen molar-refractivity contribution in [1.82, 2.24) is 10.6 Å². The highest BCUT2D eigenvalue weighted by Gasteiger charge is 2.07. The maximum Gasteiger partial charge on any atom is 0.314 e. The van der Waals surface area contributed by atoms with E-state index < -0.39 is 0 Å². The third-order valence-corrected chi connectivity index (χ3v) is 3.29. The molecule has 2 amide bonds. The average Bonchev–Trinajstić information content (AvgIpc) is 2.41. The van der Waals surface area contributed by atoms with Gasteiger partial charge in [0.2, 0.25) is 0 Å². The summed E-state index contributed by atoms with van der Waals surface area (Å²) < 4.78 is 5.29. The van der Waals surface area contributed by atoms with Gasteiger partial charge < -0.3 is 15.4 Å². The Morgan fingerprint density at radius 2 is 1.84 bits per heavy atom. The Balaban J connectivity index is 2.50. The fourth-order valence-electron chi connectivity index (χ4n) is 1.96. The van der Waals surface area contributed by atoms with Crippen molar-refractivity contribution >= 4 is 6.03 Å². The molecule has 106 valence electrons. The molecule has 0 saturated heterocycles. The van der Waals surface area contributed by atoms with Gasteiger partial charge in [-0.25, -0.2) is 4.79 Å². The van der Waals surface area contributed by atoms with Crippen LogP contribution in [0, 0.1) is 13.8 Å². The molecular formula is C15H24N2O2. The molecule has 1 rings (SSSR count). The second-order valence-corrected chi connectivity index (χ2v) is 4.61. The van der Waals surface area contributed by atoms with E-state index in [9.17, 15) is 4.79 Å². The average molecular weight is 264 g/mol. The van der Waals surface area contributed by atoms with Crippen molar-refractivity contribution < 1.29 is 9.53 Å². The van der Waals surface area contributed by atoms with Gasteiger partial charge in [-0.3, -0.25) is 0 Å². The molecule has 0 aliphatic heterocycles. The summed E-state index contributed by atoms with van der Waals surface area (Å²) in [5, 5.41) is 5.65. The number of hydrogen-bond donors (Lipinski definition) is 2. The zero-order valence-electron chi connectivity index (χ0n) is 12.3. The molecule has 2 N–H and O–H groups in total. The molecule has 0 radical (unpaired) electrons. The van der Waals surface area contributed by atoms with Crippen molar-refractivity contribution in [1.29, 1.82) is 0 Å². The van der Waals surface area contributed by atoms with Crippen LogP contribution in [0.2, 0.25) is 0 Å². The Kier molecular flexibility index (Phi) is 6.19. The van der Waals surface area contributed by atoms with Crippen molar-refractivity contribution in [3.05, 3.63) is 28.8 Å². The Labute approximate surface area is 115 Å². The van der Waals surface area contributed by atoms with E-state index in [1.54, 1.807) is 7.11 Å². The van der Waals surface area contributed by atoms with Gasteiger partial charge in [0.25, 0.3) is 0 Å². The number of benzene rings is 1. The lowest BCUT2D eigenvalue weighted by atomic mass is 10.00. The van der Waals surface area contributed by atoms with Crippen LogP contribution in [0.5, 0.6) is 5.75 Å². The van der Waals surface area contributed by atoms with Gasteiger partial charge in [-0.05, 0) is 49.4 Å². The molecule has 4 heteroatoms. The van der Waals surface area contributed by atoms with Crippen LogP contribution < -0.4 is 15.4 Å². The minimum absolute atomic E-state index is 0.0928. The highest BCUT2D eigenvalue weighted by atomic mass is 16.5.